The Kier molecular flexibility index (Phi) is 5.77. The van der Waals surface area contributed by atoms with Gasteiger partial charge in [-0.25, -0.2) is 9.97 Å². The maximum Gasteiger partial charge on any atom is 0.213 e. The van der Waals surface area contributed by atoms with Crippen LogP contribution in [0.4, 0.5) is 0 Å². The van der Waals surface area contributed by atoms with Crippen molar-refractivity contribution in [1.29, 1.82) is 0 Å². The van der Waals surface area contributed by atoms with E-state index in [-0.39, 0.29) is 0 Å². The van der Waals surface area contributed by atoms with Crippen LogP contribution in [0.5, 0.6) is 5.88 Å². The molecule has 0 atom stereocenters. The van der Waals surface area contributed by atoms with Gasteiger partial charge in [-0.15, -0.1) is 0 Å². The van der Waals surface area contributed by atoms with E-state index >= 15 is 0 Å². The highest BCUT2D eigenvalue weighted by molar-refractivity contribution is 7.99. The second kappa shape index (κ2) is 8.22. The maximum atomic E-state index is 5.97. The van der Waals surface area contributed by atoms with Gasteiger partial charge in [0.15, 0.2) is 5.16 Å². The Hall–Kier alpha value is -1.72. The lowest BCUT2D eigenvalue weighted by Gasteiger charge is -2.04. The van der Waals surface area contributed by atoms with E-state index in [0.717, 1.165) is 41.2 Å². The normalized spacial score (nSPS) is 11.0. The first-order chi connectivity index (χ1) is 11.3. The van der Waals surface area contributed by atoms with Crippen LogP contribution in [0, 0.1) is 0 Å². The summed E-state index contributed by atoms with van der Waals surface area (Å²) in [6.45, 7) is 0.713. The summed E-state index contributed by atoms with van der Waals surface area (Å²) in [7, 11) is 0. The molecule has 2 aromatic heterocycles. The number of nitrogens with one attached hydrogen (secondary N) is 1. The predicted molar refractivity (Wildman–Crippen MR) is 95.4 cm³/mol. The van der Waals surface area contributed by atoms with Crippen LogP contribution in [0.1, 0.15) is 19.3 Å². The number of fused-ring (bicyclic) bond motifs is 1. The van der Waals surface area contributed by atoms with Crippen molar-refractivity contribution < 1.29 is 4.74 Å². The molecule has 3 rings (SSSR count). The van der Waals surface area contributed by atoms with Gasteiger partial charge in [-0.3, -0.25) is 0 Å². The molecule has 0 aliphatic rings. The van der Waals surface area contributed by atoms with Crippen molar-refractivity contribution in [3.05, 3.63) is 47.6 Å². The van der Waals surface area contributed by atoms with E-state index in [1.807, 2.05) is 36.4 Å². The molecule has 3 aromatic rings. The average Bonchev–Trinajstić information content (AvgIpc) is 2.96. The van der Waals surface area contributed by atoms with Crippen molar-refractivity contribution in [3.8, 4) is 5.88 Å². The number of pyridine rings is 1. The van der Waals surface area contributed by atoms with E-state index in [2.05, 4.69) is 15.0 Å². The summed E-state index contributed by atoms with van der Waals surface area (Å²) in [6, 6.07) is 11.4. The number of thioether (sulfide) groups is 1. The zero-order chi connectivity index (χ0) is 15.9. The molecule has 0 amide bonds. The second-order valence-corrected chi connectivity index (χ2v) is 6.65. The lowest BCUT2D eigenvalue weighted by molar-refractivity contribution is 0.295. The van der Waals surface area contributed by atoms with Gasteiger partial charge < -0.3 is 9.72 Å². The number of ether oxygens (including phenoxy) is 1. The third-order valence-electron chi connectivity index (χ3n) is 3.34. The zero-order valence-corrected chi connectivity index (χ0v) is 14.2. The molecule has 0 aliphatic heterocycles. The number of hydrogen-bond donors (Lipinski definition) is 1. The van der Waals surface area contributed by atoms with Crippen LogP contribution >= 0.6 is 23.4 Å². The minimum absolute atomic E-state index is 0.697. The third kappa shape index (κ3) is 4.88. The summed E-state index contributed by atoms with van der Waals surface area (Å²) in [4.78, 5) is 12.0. The number of H-pyrrole nitrogens is 1. The quantitative estimate of drug-likeness (QED) is 0.462. The number of benzene rings is 1. The molecular formula is C17H18ClN3OS. The van der Waals surface area contributed by atoms with E-state index in [0.29, 0.717) is 17.5 Å². The first-order valence-corrected chi connectivity index (χ1v) is 8.99. The van der Waals surface area contributed by atoms with Crippen LogP contribution in [-0.2, 0) is 0 Å². The number of aromatic amines is 1. The Labute approximate surface area is 144 Å². The van der Waals surface area contributed by atoms with Gasteiger partial charge in [-0.05, 0) is 43.5 Å². The van der Waals surface area contributed by atoms with Crippen LogP contribution in [0.25, 0.3) is 11.0 Å². The van der Waals surface area contributed by atoms with E-state index in [9.17, 15) is 0 Å². The Balaban J connectivity index is 1.33. The third-order valence-corrected chi connectivity index (χ3v) is 4.53. The van der Waals surface area contributed by atoms with Gasteiger partial charge in [-0.2, -0.15) is 0 Å². The molecule has 0 fully saturated rings. The van der Waals surface area contributed by atoms with Crippen molar-refractivity contribution in [2.45, 2.75) is 24.4 Å². The van der Waals surface area contributed by atoms with E-state index in [4.69, 9.17) is 16.3 Å². The molecule has 1 aromatic carbocycles. The smallest absolute Gasteiger partial charge is 0.213 e. The van der Waals surface area contributed by atoms with E-state index in [1.165, 1.54) is 0 Å². The fourth-order valence-electron chi connectivity index (χ4n) is 2.18. The topological polar surface area (TPSA) is 50.8 Å². The van der Waals surface area contributed by atoms with Gasteiger partial charge in [0.25, 0.3) is 0 Å². The van der Waals surface area contributed by atoms with Gasteiger partial charge in [-0.1, -0.05) is 29.4 Å². The number of nitrogens with zero attached hydrogens (tertiary/aromatic N) is 2. The van der Waals surface area contributed by atoms with Crippen molar-refractivity contribution in [2.24, 2.45) is 0 Å². The Morgan fingerprint density at radius 1 is 1.13 bits per heavy atom. The zero-order valence-electron chi connectivity index (χ0n) is 12.7. The standard InChI is InChI=1S/C17H18ClN3OS/c18-13-7-8-14-15(12-13)21-17(20-14)23-11-5-1-4-10-22-16-6-2-3-9-19-16/h2-3,6-9,12H,1,4-5,10-11H2,(H,20,21). The number of aromatic nitrogens is 3. The summed E-state index contributed by atoms with van der Waals surface area (Å²) in [6.07, 6.45) is 5.04. The number of imidazole rings is 1. The molecule has 4 nitrogen and oxygen atoms in total. The Bertz CT molecular complexity index is 748. The van der Waals surface area contributed by atoms with E-state index in [1.54, 1.807) is 18.0 Å². The molecular weight excluding hydrogens is 330 g/mol. The molecule has 120 valence electrons. The monoisotopic (exact) mass is 347 g/mol. The molecule has 0 bridgehead atoms. The fourth-order valence-corrected chi connectivity index (χ4v) is 3.24. The molecule has 23 heavy (non-hydrogen) atoms. The SMILES string of the molecule is Clc1ccc2[nH]c(SCCCCCOc3ccccn3)nc2c1. The summed E-state index contributed by atoms with van der Waals surface area (Å²) < 4.78 is 5.57. The lowest BCUT2D eigenvalue weighted by Crippen LogP contribution is -1.98. The first kappa shape index (κ1) is 16.1. The van der Waals surface area contributed by atoms with Crippen LogP contribution in [0.3, 0.4) is 0 Å². The number of hydrogen-bond acceptors (Lipinski definition) is 4. The number of unbranched alkanes of at least 4 members (excludes halogenated alkanes) is 2. The minimum atomic E-state index is 0.697. The highest BCUT2D eigenvalue weighted by Gasteiger charge is 2.03. The Morgan fingerprint density at radius 3 is 2.96 bits per heavy atom. The molecule has 0 spiro atoms. The van der Waals surface area contributed by atoms with Gasteiger partial charge in [0.05, 0.1) is 17.6 Å². The summed E-state index contributed by atoms with van der Waals surface area (Å²) in [5, 5.41) is 1.67. The maximum absolute atomic E-state index is 5.97. The fraction of sp³-hybridized carbons (Fsp3) is 0.294. The van der Waals surface area contributed by atoms with Crippen LogP contribution in [0.15, 0.2) is 47.8 Å². The van der Waals surface area contributed by atoms with Crippen LogP contribution in [0.2, 0.25) is 5.02 Å². The van der Waals surface area contributed by atoms with Crippen molar-refractivity contribution in [2.75, 3.05) is 12.4 Å². The van der Waals surface area contributed by atoms with Gasteiger partial charge >= 0.3 is 0 Å². The van der Waals surface area contributed by atoms with Crippen molar-refractivity contribution >= 4 is 34.4 Å². The predicted octanol–water partition coefficient (Wildman–Crippen LogP) is 4.95. The molecule has 2 heterocycles. The highest BCUT2D eigenvalue weighted by atomic mass is 35.5. The summed E-state index contributed by atoms with van der Waals surface area (Å²) >= 11 is 7.71. The van der Waals surface area contributed by atoms with Crippen LogP contribution in [-0.4, -0.2) is 27.3 Å². The number of halogens is 1. The van der Waals surface area contributed by atoms with Crippen molar-refractivity contribution in [1.82, 2.24) is 15.0 Å². The molecule has 0 unspecified atom stereocenters. The average molecular weight is 348 g/mol. The highest BCUT2D eigenvalue weighted by Crippen LogP contribution is 2.23. The molecule has 0 radical (unpaired) electrons. The molecule has 0 aliphatic carbocycles. The van der Waals surface area contributed by atoms with Gasteiger partial charge in [0.1, 0.15) is 0 Å². The van der Waals surface area contributed by atoms with E-state index < -0.39 is 0 Å². The first-order valence-electron chi connectivity index (χ1n) is 7.63. The number of rotatable bonds is 8. The summed E-state index contributed by atoms with van der Waals surface area (Å²) in [5.41, 5.74) is 1.95. The molecule has 0 saturated carbocycles. The largest absolute Gasteiger partial charge is 0.478 e. The van der Waals surface area contributed by atoms with Crippen molar-refractivity contribution in [3.63, 3.8) is 0 Å². The molecule has 6 heteroatoms. The summed E-state index contributed by atoms with van der Waals surface area (Å²) in [5.74, 6) is 1.74. The van der Waals surface area contributed by atoms with Gasteiger partial charge in [0.2, 0.25) is 5.88 Å². The second-order valence-electron chi connectivity index (χ2n) is 5.13. The van der Waals surface area contributed by atoms with Crippen LogP contribution < -0.4 is 4.74 Å². The lowest BCUT2D eigenvalue weighted by atomic mass is 10.3. The molecule has 0 saturated heterocycles. The molecule has 1 N–H and O–H groups in total. The Morgan fingerprint density at radius 2 is 2.09 bits per heavy atom. The minimum Gasteiger partial charge on any atom is -0.478 e. The van der Waals surface area contributed by atoms with Gasteiger partial charge in [0, 0.05) is 23.0 Å².